The van der Waals surface area contributed by atoms with E-state index in [1.807, 2.05) is 0 Å². The van der Waals surface area contributed by atoms with Crippen LogP contribution in [-0.2, 0) is 11.3 Å². The third-order valence-electron chi connectivity index (χ3n) is 5.88. The number of anilines is 1. The van der Waals surface area contributed by atoms with Gasteiger partial charge in [0.2, 0.25) is 5.89 Å². The SMILES string of the molecule is Cc1oc(-c2ccccc2F)nc1CN1C(=O)[C@H](C)N=C(c2ccccc2F)c2cc(Cl)ccc21. The predicted molar refractivity (Wildman–Crippen MR) is 131 cm³/mol. The Morgan fingerprint density at radius 3 is 2.31 bits per heavy atom. The minimum Gasteiger partial charge on any atom is -0.441 e. The maximum atomic E-state index is 14.8. The fraction of sp³-hybridized carbons (Fsp3) is 0.148. The lowest BCUT2D eigenvalue weighted by Crippen LogP contribution is -2.36. The predicted octanol–water partition coefficient (Wildman–Crippen LogP) is 6.35. The molecule has 2 heterocycles. The maximum absolute atomic E-state index is 14.8. The molecule has 4 aromatic rings. The maximum Gasteiger partial charge on any atom is 0.251 e. The van der Waals surface area contributed by atoms with E-state index in [0.717, 1.165) is 0 Å². The van der Waals surface area contributed by atoms with Crippen molar-refractivity contribution in [3.05, 3.63) is 106 Å². The first-order valence-corrected chi connectivity index (χ1v) is 11.4. The number of benzene rings is 3. The first kappa shape index (κ1) is 22.9. The van der Waals surface area contributed by atoms with Crippen LogP contribution in [0.15, 0.2) is 76.1 Å². The molecule has 176 valence electrons. The van der Waals surface area contributed by atoms with Gasteiger partial charge in [0.15, 0.2) is 0 Å². The van der Waals surface area contributed by atoms with Gasteiger partial charge < -0.3 is 9.32 Å². The van der Waals surface area contributed by atoms with E-state index in [1.54, 1.807) is 68.4 Å². The third-order valence-corrected chi connectivity index (χ3v) is 6.12. The molecule has 35 heavy (non-hydrogen) atoms. The first-order valence-electron chi connectivity index (χ1n) is 11.0. The van der Waals surface area contributed by atoms with Gasteiger partial charge in [-0.3, -0.25) is 9.79 Å². The number of amides is 1. The van der Waals surface area contributed by atoms with Gasteiger partial charge in [0.05, 0.1) is 23.5 Å². The molecule has 8 heteroatoms. The van der Waals surface area contributed by atoms with E-state index in [9.17, 15) is 13.6 Å². The number of carbonyl (C=O) groups excluding carboxylic acids is 1. The summed E-state index contributed by atoms with van der Waals surface area (Å²) in [4.78, 5) is 24.1. The number of halogens is 3. The molecule has 0 N–H and O–H groups in total. The fourth-order valence-electron chi connectivity index (χ4n) is 4.10. The number of benzodiazepines with no additional fused rings is 1. The Kier molecular flexibility index (Phi) is 5.94. The minimum absolute atomic E-state index is 0.0572. The third kappa shape index (κ3) is 4.23. The second kappa shape index (κ2) is 9.07. The van der Waals surface area contributed by atoms with Gasteiger partial charge >= 0.3 is 0 Å². The molecule has 0 bridgehead atoms. The van der Waals surface area contributed by atoms with E-state index in [-0.39, 0.29) is 29.5 Å². The smallest absolute Gasteiger partial charge is 0.251 e. The van der Waals surface area contributed by atoms with Crippen LogP contribution in [0, 0.1) is 18.6 Å². The average molecular weight is 492 g/mol. The van der Waals surface area contributed by atoms with Crippen LogP contribution in [0.1, 0.15) is 29.5 Å². The van der Waals surface area contributed by atoms with Gasteiger partial charge in [-0.2, -0.15) is 0 Å². The van der Waals surface area contributed by atoms with Crippen LogP contribution < -0.4 is 4.90 Å². The number of hydrogen-bond acceptors (Lipinski definition) is 4. The van der Waals surface area contributed by atoms with Crippen molar-refractivity contribution in [3.8, 4) is 11.5 Å². The van der Waals surface area contributed by atoms with E-state index in [4.69, 9.17) is 16.0 Å². The Balaban J connectivity index is 1.60. The minimum atomic E-state index is -0.797. The van der Waals surface area contributed by atoms with E-state index >= 15 is 0 Å². The highest BCUT2D eigenvalue weighted by atomic mass is 35.5. The first-order chi connectivity index (χ1) is 16.8. The summed E-state index contributed by atoms with van der Waals surface area (Å²) >= 11 is 6.30. The zero-order chi connectivity index (χ0) is 24.7. The molecular weight excluding hydrogens is 472 g/mol. The van der Waals surface area contributed by atoms with Crippen molar-refractivity contribution < 1.29 is 18.0 Å². The number of aromatic nitrogens is 1. The summed E-state index contributed by atoms with van der Waals surface area (Å²) in [5.41, 5.74) is 2.36. The molecule has 1 aromatic heterocycles. The molecule has 0 spiro atoms. The molecule has 0 saturated carbocycles. The quantitative estimate of drug-likeness (QED) is 0.334. The Bertz CT molecular complexity index is 1480. The molecule has 1 amide bonds. The van der Waals surface area contributed by atoms with Crippen LogP contribution in [-0.4, -0.2) is 22.6 Å². The van der Waals surface area contributed by atoms with Crippen molar-refractivity contribution in [2.24, 2.45) is 4.99 Å². The zero-order valence-corrected chi connectivity index (χ0v) is 19.7. The molecule has 3 aromatic carbocycles. The van der Waals surface area contributed by atoms with E-state index in [2.05, 4.69) is 9.98 Å². The topological polar surface area (TPSA) is 58.7 Å². The summed E-state index contributed by atoms with van der Waals surface area (Å²) in [7, 11) is 0. The van der Waals surface area contributed by atoms with Crippen LogP contribution in [0.3, 0.4) is 0 Å². The molecular formula is C27H20ClF2N3O2. The molecule has 0 radical (unpaired) electrons. The monoisotopic (exact) mass is 491 g/mol. The number of nitrogens with zero attached hydrogens (tertiary/aromatic N) is 3. The van der Waals surface area contributed by atoms with Gasteiger partial charge in [0.1, 0.15) is 29.1 Å². The van der Waals surface area contributed by atoms with Crippen molar-refractivity contribution >= 4 is 28.9 Å². The molecule has 0 aliphatic carbocycles. The molecule has 0 fully saturated rings. The number of aryl methyl sites for hydroxylation is 1. The Morgan fingerprint density at radius 2 is 1.63 bits per heavy atom. The number of oxazole rings is 1. The molecule has 5 rings (SSSR count). The summed E-state index contributed by atoms with van der Waals surface area (Å²) in [5.74, 6) is -0.617. The lowest BCUT2D eigenvalue weighted by atomic mass is 9.99. The Hall–Kier alpha value is -3.84. The molecule has 0 unspecified atom stereocenters. The van der Waals surface area contributed by atoms with Crippen LogP contribution in [0.25, 0.3) is 11.5 Å². The fourth-order valence-corrected chi connectivity index (χ4v) is 4.27. The lowest BCUT2D eigenvalue weighted by molar-refractivity contribution is -0.119. The standard InChI is InChI=1S/C27H20ClF2N3O2/c1-15-27(34)33(14-23-16(2)35-26(32-23)19-8-4-6-10-22(19)30)24-12-11-17(28)13-20(24)25(31-15)18-7-3-5-9-21(18)29/h3-13,15H,14H2,1-2H3/t15-/m0/s1. The van der Waals surface area contributed by atoms with Crippen LogP contribution in [0.4, 0.5) is 14.5 Å². The summed E-state index contributed by atoms with van der Waals surface area (Å²) in [6, 6.07) is 16.7. The van der Waals surface area contributed by atoms with Crippen LogP contribution >= 0.6 is 11.6 Å². The molecule has 0 saturated heterocycles. The van der Waals surface area contributed by atoms with Crippen molar-refractivity contribution in [3.63, 3.8) is 0 Å². The van der Waals surface area contributed by atoms with Crippen LogP contribution in [0.5, 0.6) is 0 Å². The summed E-state index contributed by atoms with van der Waals surface area (Å²) in [6.45, 7) is 3.42. The van der Waals surface area contributed by atoms with Gasteiger partial charge in [-0.05, 0) is 56.3 Å². The number of hydrogen-bond donors (Lipinski definition) is 0. The van der Waals surface area contributed by atoms with Gasteiger partial charge in [-0.15, -0.1) is 0 Å². The number of aliphatic imine (C=N–C) groups is 1. The molecule has 1 aliphatic heterocycles. The number of carbonyl (C=O) groups is 1. The van der Waals surface area contributed by atoms with Crippen molar-refractivity contribution in [2.45, 2.75) is 26.4 Å². The summed E-state index contributed by atoms with van der Waals surface area (Å²) < 4.78 is 34.8. The normalized spacial score (nSPS) is 15.6. The van der Waals surface area contributed by atoms with Crippen molar-refractivity contribution in [1.82, 2.24) is 4.98 Å². The number of rotatable bonds is 4. The molecule has 5 nitrogen and oxygen atoms in total. The van der Waals surface area contributed by atoms with Crippen molar-refractivity contribution in [1.29, 1.82) is 0 Å². The summed E-state index contributed by atoms with van der Waals surface area (Å²) in [5, 5.41) is 0.425. The van der Waals surface area contributed by atoms with E-state index in [0.29, 0.717) is 33.4 Å². The highest BCUT2D eigenvalue weighted by Crippen LogP contribution is 2.33. The second-order valence-corrected chi connectivity index (χ2v) is 8.66. The van der Waals surface area contributed by atoms with Gasteiger partial charge in [-0.25, -0.2) is 13.8 Å². The number of fused-ring (bicyclic) bond motifs is 1. The molecule has 1 atom stereocenters. The second-order valence-electron chi connectivity index (χ2n) is 8.22. The van der Waals surface area contributed by atoms with Crippen LogP contribution in [0.2, 0.25) is 5.02 Å². The highest BCUT2D eigenvalue weighted by Gasteiger charge is 2.32. The Labute approximate surface area is 205 Å². The largest absolute Gasteiger partial charge is 0.441 e. The summed E-state index contributed by atoms with van der Waals surface area (Å²) in [6.07, 6.45) is 0. The lowest BCUT2D eigenvalue weighted by Gasteiger charge is -2.24. The van der Waals surface area contributed by atoms with E-state index < -0.39 is 17.7 Å². The average Bonchev–Trinajstić information content (AvgIpc) is 3.17. The van der Waals surface area contributed by atoms with Crippen molar-refractivity contribution in [2.75, 3.05) is 4.90 Å². The molecule has 1 aliphatic rings. The zero-order valence-electron chi connectivity index (χ0n) is 18.9. The van der Waals surface area contributed by atoms with Gasteiger partial charge in [0, 0.05) is 16.1 Å². The van der Waals surface area contributed by atoms with Gasteiger partial charge in [0.25, 0.3) is 5.91 Å². The van der Waals surface area contributed by atoms with Gasteiger partial charge in [-0.1, -0.05) is 35.9 Å². The van der Waals surface area contributed by atoms with E-state index in [1.165, 1.54) is 17.0 Å². The highest BCUT2D eigenvalue weighted by molar-refractivity contribution is 6.32. The Morgan fingerprint density at radius 1 is 0.971 bits per heavy atom.